The number of aryl methyl sites for hydroxylation is 1. The van der Waals surface area contributed by atoms with E-state index in [4.69, 9.17) is 21.3 Å². The van der Waals surface area contributed by atoms with Gasteiger partial charge in [-0.3, -0.25) is 0 Å². The van der Waals surface area contributed by atoms with Crippen LogP contribution in [-0.4, -0.2) is 27.4 Å². The number of benzene rings is 2. The fraction of sp³-hybridized carbons (Fsp3) is 0.350. The van der Waals surface area contributed by atoms with E-state index in [0.717, 1.165) is 22.4 Å². The molecule has 0 saturated heterocycles. The van der Waals surface area contributed by atoms with Crippen molar-refractivity contribution in [2.75, 3.05) is 6.61 Å². The summed E-state index contributed by atoms with van der Waals surface area (Å²) in [4.78, 5) is 4.70. The number of ether oxygens (including phenoxy) is 1. The molecule has 0 saturated carbocycles. The Balaban J connectivity index is 1.75. The average molecular weight is 359 g/mol. The van der Waals surface area contributed by atoms with Crippen LogP contribution in [0, 0.1) is 6.92 Å². The summed E-state index contributed by atoms with van der Waals surface area (Å²) in [6.07, 6.45) is -0.660. The second-order valence-corrected chi connectivity index (χ2v) is 7.03. The van der Waals surface area contributed by atoms with Crippen LogP contribution in [0.4, 0.5) is 0 Å². The van der Waals surface area contributed by atoms with Gasteiger partial charge < -0.3 is 14.4 Å². The van der Waals surface area contributed by atoms with Gasteiger partial charge in [-0.2, -0.15) is 0 Å². The number of aromatic nitrogens is 2. The summed E-state index contributed by atoms with van der Waals surface area (Å²) in [5.74, 6) is 1.83. The number of fused-ring (bicyclic) bond motifs is 1. The molecule has 0 fully saturated rings. The molecule has 1 atom stereocenters. The first-order valence-corrected chi connectivity index (χ1v) is 8.85. The molecule has 2 aromatic carbocycles. The SMILES string of the molecule is Cc1ccc(OCC(O)Cn2c(C(C)C)nc3ccccc32)c(Cl)c1. The maximum atomic E-state index is 10.5. The Bertz CT molecular complexity index is 873. The molecule has 0 aliphatic rings. The quantitative estimate of drug-likeness (QED) is 0.702. The van der Waals surface area contributed by atoms with E-state index in [2.05, 4.69) is 18.4 Å². The minimum Gasteiger partial charge on any atom is -0.489 e. The number of rotatable bonds is 6. The van der Waals surface area contributed by atoms with Crippen LogP contribution in [0.25, 0.3) is 11.0 Å². The second kappa shape index (κ2) is 7.46. The van der Waals surface area contributed by atoms with Crippen molar-refractivity contribution in [2.45, 2.75) is 39.3 Å². The van der Waals surface area contributed by atoms with Crippen LogP contribution in [0.15, 0.2) is 42.5 Å². The van der Waals surface area contributed by atoms with Gasteiger partial charge in [0.2, 0.25) is 0 Å². The van der Waals surface area contributed by atoms with E-state index in [1.165, 1.54) is 0 Å². The van der Waals surface area contributed by atoms with Crippen molar-refractivity contribution >= 4 is 22.6 Å². The molecular weight excluding hydrogens is 336 g/mol. The minimum absolute atomic E-state index is 0.173. The van der Waals surface area contributed by atoms with E-state index in [1.807, 2.05) is 49.4 Å². The largest absolute Gasteiger partial charge is 0.489 e. The first kappa shape index (κ1) is 17.8. The van der Waals surface area contributed by atoms with Crippen molar-refractivity contribution in [2.24, 2.45) is 0 Å². The van der Waals surface area contributed by atoms with Gasteiger partial charge in [0, 0.05) is 5.92 Å². The molecule has 25 heavy (non-hydrogen) atoms. The van der Waals surface area contributed by atoms with Crippen molar-refractivity contribution < 1.29 is 9.84 Å². The van der Waals surface area contributed by atoms with Crippen LogP contribution >= 0.6 is 11.6 Å². The van der Waals surface area contributed by atoms with Crippen molar-refractivity contribution in [3.63, 3.8) is 0 Å². The molecule has 5 heteroatoms. The van der Waals surface area contributed by atoms with Crippen molar-refractivity contribution in [1.29, 1.82) is 0 Å². The van der Waals surface area contributed by atoms with Gasteiger partial charge in [0.15, 0.2) is 0 Å². The molecular formula is C20H23ClN2O2. The van der Waals surface area contributed by atoms with Gasteiger partial charge in [-0.05, 0) is 36.8 Å². The van der Waals surface area contributed by atoms with Crippen LogP contribution in [-0.2, 0) is 6.54 Å². The Morgan fingerprint density at radius 3 is 2.68 bits per heavy atom. The van der Waals surface area contributed by atoms with Gasteiger partial charge >= 0.3 is 0 Å². The molecule has 0 aliphatic carbocycles. The monoisotopic (exact) mass is 358 g/mol. The topological polar surface area (TPSA) is 47.3 Å². The molecule has 3 aromatic rings. The van der Waals surface area contributed by atoms with Gasteiger partial charge in [-0.25, -0.2) is 4.98 Å². The summed E-state index contributed by atoms with van der Waals surface area (Å²) >= 11 is 6.18. The first-order valence-electron chi connectivity index (χ1n) is 8.48. The molecule has 1 unspecified atom stereocenters. The highest BCUT2D eigenvalue weighted by atomic mass is 35.5. The van der Waals surface area contributed by atoms with Gasteiger partial charge in [-0.1, -0.05) is 43.6 Å². The number of imidazole rings is 1. The first-order chi connectivity index (χ1) is 12.0. The van der Waals surface area contributed by atoms with Crippen LogP contribution in [0.5, 0.6) is 5.75 Å². The zero-order chi connectivity index (χ0) is 18.0. The third-order valence-corrected chi connectivity index (χ3v) is 4.41. The number of aliphatic hydroxyl groups excluding tert-OH is 1. The molecule has 1 heterocycles. The summed E-state index contributed by atoms with van der Waals surface area (Å²) < 4.78 is 7.77. The van der Waals surface area contributed by atoms with E-state index >= 15 is 0 Å². The summed E-state index contributed by atoms with van der Waals surface area (Å²) in [5, 5.41) is 11.0. The van der Waals surface area contributed by atoms with Crippen LogP contribution < -0.4 is 4.74 Å². The molecule has 1 aromatic heterocycles. The second-order valence-electron chi connectivity index (χ2n) is 6.62. The molecule has 0 bridgehead atoms. The number of hydrogen-bond donors (Lipinski definition) is 1. The highest BCUT2D eigenvalue weighted by molar-refractivity contribution is 6.32. The van der Waals surface area contributed by atoms with Crippen molar-refractivity contribution in [3.8, 4) is 5.75 Å². The zero-order valence-corrected chi connectivity index (χ0v) is 15.5. The van der Waals surface area contributed by atoms with Gasteiger partial charge in [0.05, 0.1) is 22.6 Å². The smallest absolute Gasteiger partial charge is 0.138 e. The fourth-order valence-corrected chi connectivity index (χ4v) is 3.19. The molecule has 132 valence electrons. The highest BCUT2D eigenvalue weighted by Crippen LogP contribution is 2.26. The third-order valence-electron chi connectivity index (χ3n) is 4.11. The molecule has 3 rings (SSSR count). The Morgan fingerprint density at radius 1 is 1.20 bits per heavy atom. The van der Waals surface area contributed by atoms with Crippen LogP contribution in [0.2, 0.25) is 5.02 Å². The van der Waals surface area contributed by atoms with E-state index in [9.17, 15) is 5.11 Å². The molecule has 4 nitrogen and oxygen atoms in total. The lowest BCUT2D eigenvalue weighted by Gasteiger charge is -2.17. The maximum absolute atomic E-state index is 10.5. The van der Waals surface area contributed by atoms with Crippen molar-refractivity contribution in [1.82, 2.24) is 9.55 Å². The summed E-state index contributed by atoms with van der Waals surface area (Å²) in [7, 11) is 0. The molecule has 0 radical (unpaired) electrons. The number of aliphatic hydroxyl groups is 1. The average Bonchev–Trinajstić information content (AvgIpc) is 2.93. The minimum atomic E-state index is -0.660. The Labute approximate surface area is 153 Å². The lowest BCUT2D eigenvalue weighted by Crippen LogP contribution is -2.25. The standard InChI is InChI=1S/C20H23ClN2O2/c1-13(2)20-22-17-6-4-5-7-18(17)23(20)11-15(24)12-25-19-9-8-14(3)10-16(19)21/h4-10,13,15,24H,11-12H2,1-3H3. The number of nitrogens with zero attached hydrogens (tertiary/aromatic N) is 2. The van der Waals surface area contributed by atoms with Crippen LogP contribution in [0.1, 0.15) is 31.2 Å². The summed E-state index contributed by atoms with van der Waals surface area (Å²) in [6, 6.07) is 13.6. The van der Waals surface area contributed by atoms with E-state index in [1.54, 1.807) is 0 Å². The number of hydrogen-bond acceptors (Lipinski definition) is 3. The molecule has 1 N–H and O–H groups in total. The predicted octanol–water partition coefficient (Wildman–Crippen LogP) is 4.56. The van der Waals surface area contributed by atoms with Crippen molar-refractivity contribution in [3.05, 3.63) is 58.9 Å². The summed E-state index contributed by atoms with van der Waals surface area (Å²) in [6.45, 7) is 6.78. The molecule has 0 aliphatic heterocycles. The Kier molecular flexibility index (Phi) is 5.30. The maximum Gasteiger partial charge on any atom is 0.138 e. The van der Waals surface area contributed by atoms with Crippen LogP contribution in [0.3, 0.4) is 0 Å². The predicted molar refractivity (Wildman–Crippen MR) is 102 cm³/mol. The Morgan fingerprint density at radius 2 is 1.96 bits per heavy atom. The fourth-order valence-electron chi connectivity index (χ4n) is 2.90. The van der Waals surface area contributed by atoms with Gasteiger partial charge in [-0.15, -0.1) is 0 Å². The van der Waals surface area contributed by atoms with Gasteiger partial charge in [0.25, 0.3) is 0 Å². The van der Waals surface area contributed by atoms with E-state index in [-0.39, 0.29) is 12.5 Å². The summed E-state index contributed by atoms with van der Waals surface area (Å²) in [5.41, 5.74) is 3.05. The van der Waals surface area contributed by atoms with E-state index < -0.39 is 6.10 Å². The number of para-hydroxylation sites is 2. The lowest BCUT2D eigenvalue weighted by atomic mass is 10.2. The normalized spacial score (nSPS) is 12.7. The lowest BCUT2D eigenvalue weighted by molar-refractivity contribution is 0.0926. The zero-order valence-electron chi connectivity index (χ0n) is 14.7. The van der Waals surface area contributed by atoms with Gasteiger partial charge in [0.1, 0.15) is 24.3 Å². The van der Waals surface area contributed by atoms with E-state index in [0.29, 0.717) is 17.3 Å². The number of halogens is 1. The highest BCUT2D eigenvalue weighted by Gasteiger charge is 2.17. The molecule has 0 amide bonds. The third kappa shape index (κ3) is 3.97. The Hall–Kier alpha value is -2.04. The molecule has 0 spiro atoms.